The molecule has 0 aromatic heterocycles. The molecule has 1 aliphatic rings. The van der Waals surface area contributed by atoms with E-state index < -0.39 is 0 Å². The maximum absolute atomic E-state index is 11.9. The number of allylic oxidation sites excluding steroid dienone is 2. The third-order valence-electron chi connectivity index (χ3n) is 4.61. The van der Waals surface area contributed by atoms with Gasteiger partial charge < -0.3 is 4.90 Å². The van der Waals surface area contributed by atoms with Crippen molar-refractivity contribution in [2.24, 2.45) is 0 Å². The Kier molecular flexibility index (Phi) is 12.1. The van der Waals surface area contributed by atoms with E-state index in [9.17, 15) is 4.79 Å². The summed E-state index contributed by atoms with van der Waals surface area (Å²) < 4.78 is 0. The normalized spacial score (nSPS) is 15.0. The lowest BCUT2D eigenvalue weighted by Gasteiger charge is -2.14. The van der Waals surface area contributed by atoms with Gasteiger partial charge in [-0.15, -0.1) is 0 Å². The van der Waals surface area contributed by atoms with E-state index in [2.05, 4.69) is 19.1 Å². The van der Waals surface area contributed by atoms with E-state index in [1.807, 2.05) is 4.90 Å². The Morgan fingerprint density at radius 3 is 2.00 bits per heavy atom. The van der Waals surface area contributed by atoms with E-state index >= 15 is 0 Å². The SMILES string of the molecule is CCCCCC/C=C\CCCCCCCC(=O)N1CCCC1. The van der Waals surface area contributed by atoms with E-state index in [1.165, 1.54) is 77.0 Å². The minimum Gasteiger partial charge on any atom is -0.343 e. The van der Waals surface area contributed by atoms with Gasteiger partial charge in [0.15, 0.2) is 0 Å². The summed E-state index contributed by atoms with van der Waals surface area (Å²) in [6.45, 7) is 4.27. The third-order valence-corrected chi connectivity index (χ3v) is 4.61. The topological polar surface area (TPSA) is 20.3 Å². The predicted octanol–water partition coefficient (Wildman–Crippen LogP) is 5.87. The molecule has 1 aliphatic heterocycles. The molecule has 22 heavy (non-hydrogen) atoms. The number of hydrogen-bond donors (Lipinski definition) is 0. The molecule has 0 aliphatic carbocycles. The molecular formula is C20H37NO. The highest BCUT2D eigenvalue weighted by molar-refractivity contribution is 5.76. The largest absolute Gasteiger partial charge is 0.343 e. The number of unbranched alkanes of at least 4 members (excludes halogenated alkanes) is 9. The van der Waals surface area contributed by atoms with Crippen molar-refractivity contribution in [3.8, 4) is 0 Å². The average Bonchev–Trinajstić information content (AvgIpc) is 3.06. The third kappa shape index (κ3) is 10.0. The number of amides is 1. The lowest BCUT2D eigenvalue weighted by Crippen LogP contribution is -2.27. The van der Waals surface area contributed by atoms with Gasteiger partial charge in [-0.3, -0.25) is 4.79 Å². The molecule has 1 saturated heterocycles. The van der Waals surface area contributed by atoms with Gasteiger partial charge in [0.05, 0.1) is 0 Å². The van der Waals surface area contributed by atoms with Crippen molar-refractivity contribution in [1.82, 2.24) is 4.90 Å². The standard InChI is InChI=1S/C20H37NO/c1-2-3-4-5-6-7-8-9-10-11-12-13-14-17-20(22)21-18-15-16-19-21/h7-8H,2-6,9-19H2,1H3/b8-7-. The molecule has 1 rings (SSSR count). The summed E-state index contributed by atoms with van der Waals surface area (Å²) in [6.07, 6.45) is 22.1. The van der Waals surface area contributed by atoms with Crippen LogP contribution in [0.15, 0.2) is 12.2 Å². The molecule has 2 heteroatoms. The summed E-state index contributed by atoms with van der Waals surface area (Å²) in [4.78, 5) is 13.9. The van der Waals surface area contributed by atoms with Gasteiger partial charge in [-0.1, -0.05) is 57.6 Å². The van der Waals surface area contributed by atoms with Gasteiger partial charge in [-0.05, 0) is 44.9 Å². The summed E-state index contributed by atoms with van der Waals surface area (Å²) >= 11 is 0. The van der Waals surface area contributed by atoms with Crippen molar-refractivity contribution in [2.45, 2.75) is 96.8 Å². The Morgan fingerprint density at radius 1 is 0.818 bits per heavy atom. The van der Waals surface area contributed by atoms with Crippen LogP contribution >= 0.6 is 0 Å². The summed E-state index contributed by atoms with van der Waals surface area (Å²) in [5, 5.41) is 0. The zero-order chi connectivity index (χ0) is 15.9. The molecule has 1 fully saturated rings. The monoisotopic (exact) mass is 307 g/mol. The minimum atomic E-state index is 0.392. The molecule has 0 unspecified atom stereocenters. The highest BCUT2D eigenvalue weighted by Crippen LogP contribution is 2.13. The van der Waals surface area contributed by atoms with Crippen molar-refractivity contribution in [1.29, 1.82) is 0 Å². The zero-order valence-corrected chi connectivity index (χ0v) is 14.8. The van der Waals surface area contributed by atoms with Crippen molar-refractivity contribution in [2.75, 3.05) is 13.1 Å². The molecule has 0 aromatic carbocycles. The predicted molar refractivity (Wildman–Crippen MR) is 96.0 cm³/mol. The van der Waals surface area contributed by atoms with Crippen LogP contribution in [0.25, 0.3) is 0 Å². The van der Waals surface area contributed by atoms with E-state index in [0.717, 1.165) is 25.9 Å². The smallest absolute Gasteiger partial charge is 0.222 e. The first-order chi connectivity index (χ1) is 10.8. The first-order valence-electron chi connectivity index (χ1n) is 9.77. The fourth-order valence-corrected chi connectivity index (χ4v) is 3.12. The molecule has 0 aromatic rings. The van der Waals surface area contributed by atoms with Gasteiger partial charge in [0.2, 0.25) is 5.91 Å². The van der Waals surface area contributed by atoms with E-state index in [4.69, 9.17) is 0 Å². The maximum Gasteiger partial charge on any atom is 0.222 e. The summed E-state index contributed by atoms with van der Waals surface area (Å²) in [5.41, 5.74) is 0. The molecule has 0 bridgehead atoms. The fraction of sp³-hybridized carbons (Fsp3) is 0.850. The zero-order valence-electron chi connectivity index (χ0n) is 14.8. The van der Waals surface area contributed by atoms with Gasteiger partial charge in [0.1, 0.15) is 0 Å². The number of hydrogen-bond acceptors (Lipinski definition) is 1. The molecular weight excluding hydrogens is 270 g/mol. The highest BCUT2D eigenvalue weighted by Gasteiger charge is 2.16. The molecule has 0 spiro atoms. The lowest BCUT2D eigenvalue weighted by atomic mass is 10.1. The van der Waals surface area contributed by atoms with Crippen LogP contribution in [-0.4, -0.2) is 23.9 Å². The first kappa shape index (κ1) is 19.3. The van der Waals surface area contributed by atoms with Crippen LogP contribution in [0, 0.1) is 0 Å². The van der Waals surface area contributed by atoms with Crippen LogP contribution in [0.1, 0.15) is 96.8 Å². The Bertz CT molecular complexity index is 292. The van der Waals surface area contributed by atoms with Crippen molar-refractivity contribution in [3.05, 3.63) is 12.2 Å². The average molecular weight is 308 g/mol. The molecule has 0 saturated carbocycles. The number of rotatable bonds is 13. The van der Waals surface area contributed by atoms with E-state index in [1.54, 1.807) is 0 Å². The summed E-state index contributed by atoms with van der Waals surface area (Å²) in [6, 6.07) is 0. The molecule has 1 heterocycles. The van der Waals surface area contributed by atoms with Crippen molar-refractivity contribution >= 4 is 5.91 Å². The molecule has 1 amide bonds. The second kappa shape index (κ2) is 13.8. The molecule has 128 valence electrons. The van der Waals surface area contributed by atoms with E-state index in [-0.39, 0.29) is 0 Å². The Labute approximate surface area is 138 Å². The second-order valence-corrected chi connectivity index (χ2v) is 6.72. The van der Waals surface area contributed by atoms with E-state index in [0.29, 0.717) is 5.91 Å². The molecule has 2 nitrogen and oxygen atoms in total. The van der Waals surface area contributed by atoms with Crippen LogP contribution in [0.3, 0.4) is 0 Å². The van der Waals surface area contributed by atoms with Gasteiger partial charge in [-0.25, -0.2) is 0 Å². The molecule has 0 N–H and O–H groups in total. The quantitative estimate of drug-likeness (QED) is 0.308. The first-order valence-corrected chi connectivity index (χ1v) is 9.77. The van der Waals surface area contributed by atoms with Crippen LogP contribution in [0.5, 0.6) is 0 Å². The number of carbonyl (C=O) groups is 1. The van der Waals surface area contributed by atoms with Crippen LogP contribution in [0.2, 0.25) is 0 Å². The van der Waals surface area contributed by atoms with Gasteiger partial charge in [0.25, 0.3) is 0 Å². The summed E-state index contributed by atoms with van der Waals surface area (Å²) in [5.74, 6) is 0.392. The maximum atomic E-state index is 11.9. The lowest BCUT2D eigenvalue weighted by molar-refractivity contribution is -0.130. The Hall–Kier alpha value is -0.790. The second-order valence-electron chi connectivity index (χ2n) is 6.72. The van der Waals surface area contributed by atoms with Crippen LogP contribution < -0.4 is 0 Å². The Balaban J connectivity index is 1.79. The van der Waals surface area contributed by atoms with Gasteiger partial charge in [0, 0.05) is 19.5 Å². The number of likely N-dealkylation sites (tertiary alicyclic amines) is 1. The van der Waals surface area contributed by atoms with Gasteiger partial charge >= 0.3 is 0 Å². The van der Waals surface area contributed by atoms with Gasteiger partial charge in [-0.2, -0.15) is 0 Å². The number of carbonyl (C=O) groups excluding carboxylic acids is 1. The van der Waals surface area contributed by atoms with Crippen LogP contribution in [-0.2, 0) is 4.79 Å². The minimum absolute atomic E-state index is 0.392. The molecule has 0 atom stereocenters. The van der Waals surface area contributed by atoms with Crippen molar-refractivity contribution in [3.63, 3.8) is 0 Å². The fourth-order valence-electron chi connectivity index (χ4n) is 3.12. The van der Waals surface area contributed by atoms with Crippen LogP contribution in [0.4, 0.5) is 0 Å². The molecule has 0 radical (unpaired) electrons. The van der Waals surface area contributed by atoms with Crippen molar-refractivity contribution < 1.29 is 4.79 Å². The number of nitrogens with zero attached hydrogens (tertiary/aromatic N) is 1. The Morgan fingerprint density at radius 2 is 1.36 bits per heavy atom. The highest BCUT2D eigenvalue weighted by atomic mass is 16.2. The summed E-state index contributed by atoms with van der Waals surface area (Å²) in [7, 11) is 0.